The molecule has 32 heavy (non-hydrogen) atoms. The van der Waals surface area contributed by atoms with Gasteiger partial charge >= 0.3 is 0 Å². The summed E-state index contributed by atoms with van der Waals surface area (Å²) in [5.41, 5.74) is 3.17. The summed E-state index contributed by atoms with van der Waals surface area (Å²) in [7, 11) is 0. The van der Waals surface area contributed by atoms with Gasteiger partial charge < -0.3 is 9.32 Å². The lowest BCUT2D eigenvalue weighted by Crippen LogP contribution is -2.48. The molecule has 4 aromatic rings. The van der Waals surface area contributed by atoms with Crippen LogP contribution in [0.25, 0.3) is 22.0 Å². The summed E-state index contributed by atoms with van der Waals surface area (Å²) in [4.78, 5) is 21.7. The largest absolute Gasteiger partial charge is 0.421 e. The molecule has 9 heteroatoms. The number of hydrogen-bond acceptors (Lipinski definition) is 8. The number of aryl methyl sites for hydroxylation is 1. The number of thiophene rings is 1. The Morgan fingerprint density at radius 3 is 2.62 bits per heavy atom. The minimum atomic E-state index is 0.139. The number of carbonyl (C=O) groups is 1. The van der Waals surface area contributed by atoms with E-state index < -0.39 is 0 Å². The Bertz CT molecular complexity index is 1150. The van der Waals surface area contributed by atoms with Gasteiger partial charge in [-0.05, 0) is 11.4 Å². The predicted octanol–water partition coefficient (Wildman–Crippen LogP) is 4.20. The molecule has 5 rings (SSSR count). The fraction of sp³-hybridized carbons (Fsp3) is 0.304. The zero-order valence-electron chi connectivity index (χ0n) is 17.5. The monoisotopic (exact) mass is 465 g/mol. The Balaban J connectivity index is 1.08. The molecule has 1 amide bonds. The number of piperazine rings is 1. The van der Waals surface area contributed by atoms with Gasteiger partial charge in [0.05, 0.1) is 5.69 Å². The predicted molar refractivity (Wildman–Crippen MR) is 125 cm³/mol. The van der Waals surface area contributed by atoms with Crippen LogP contribution in [-0.4, -0.2) is 57.1 Å². The number of benzene rings is 1. The number of carbonyl (C=O) groups excluding carboxylic acids is 1. The highest BCUT2D eigenvalue weighted by Gasteiger charge is 2.22. The minimum Gasteiger partial charge on any atom is -0.421 e. The zero-order valence-corrected chi connectivity index (χ0v) is 19.1. The standard InChI is InChI=1S/C23H23N5O2S2/c29-21(7-6-20-25-26-22(30-20)18-8-13-31-15-18)28-11-9-27(10-12-28)14-19-16-32-23(24-19)17-4-2-1-3-5-17/h1-5,8,13,15-16H,6-7,9-12,14H2. The third kappa shape index (κ3) is 4.95. The van der Waals surface area contributed by atoms with Crippen LogP contribution in [0.5, 0.6) is 0 Å². The Labute approximate surface area is 194 Å². The summed E-state index contributed by atoms with van der Waals surface area (Å²) in [5.74, 6) is 1.16. The quantitative estimate of drug-likeness (QED) is 0.407. The number of rotatable bonds is 7. The van der Waals surface area contributed by atoms with Gasteiger partial charge in [0.25, 0.3) is 0 Å². The van der Waals surface area contributed by atoms with E-state index in [9.17, 15) is 4.79 Å². The van der Waals surface area contributed by atoms with Gasteiger partial charge in [0, 0.05) is 67.5 Å². The summed E-state index contributed by atoms with van der Waals surface area (Å²) in [6.07, 6.45) is 0.856. The lowest BCUT2D eigenvalue weighted by atomic mass is 10.2. The number of amides is 1. The minimum absolute atomic E-state index is 0.139. The molecule has 1 aliphatic heterocycles. The van der Waals surface area contributed by atoms with E-state index in [2.05, 4.69) is 32.6 Å². The number of aromatic nitrogens is 3. The van der Waals surface area contributed by atoms with Crippen molar-refractivity contribution in [3.63, 3.8) is 0 Å². The second-order valence-electron chi connectivity index (χ2n) is 7.68. The number of nitrogens with zero attached hydrogens (tertiary/aromatic N) is 5. The molecule has 0 atom stereocenters. The summed E-state index contributed by atoms with van der Waals surface area (Å²) in [6, 6.07) is 12.2. The highest BCUT2D eigenvalue weighted by molar-refractivity contribution is 7.13. The van der Waals surface area contributed by atoms with Crippen LogP contribution in [0.3, 0.4) is 0 Å². The molecule has 0 saturated carbocycles. The van der Waals surface area contributed by atoms with Crippen molar-refractivity contribution in [2.24, 2.45) is 0 Å². The third-order valence-corrected chi connectivity index (χ3v) is 7.09. The molecule has 0 N–H and O–H groups in total. The molecule has 0 radical (unpaired) electrons. The van der Waals surface area contributed by atoms with E-state index in [0.29, 0.717) is 24.6 Å². The average Bonchev–Trinajstić information content (AvgIpc) is 3.60. The maximum atomic E-state index is 12.6. The molecular formula is C23H23N5O2S2. The van der Waals surface area contributed by atoms with Crippen molar-refractivity contribution in [2.45, 2.75) is 19.4 Å². The molecule has 164 valence electrons. The Morgan fingerprint density at radius 1 is 1.00 bits per heavy atom. The Hall–Kier alpha value is -2.88. The van der Waals surface area contributed by atoms with Crippen molar-refractivity contribution in [1.82, 2.24) is 25.0 Å². The maximum Gasteiger partial charge on any atom is 0.248 e. The first-order valence-corrected chi connectivity index (χ1v) is 12.4. The van der Waals surface area contributed by atoms with Crippen LogP contribution in [0.15, 0.2) is 57.0 Å². The van der Waals surface area contributed by atoms with Crippen LogP contribution in [0.2, 0.25) is 0 Å². The van der Waals surface area contributed by atoms with Crippen LogP contribution in [0.4, 0.5) is 0 Å². The van der Waals surface area contributed by atoms with Crippen molar-refractivity contribution in [3.8, 4) is 22.0 Å². The second-order valence-corrected chi connectivity index (χ2v) is 9.32. The van der Waals surface area contributed by atoms with E-state index in [0.717, 1.165) is 54.6 Å². The average molecular weight is 466 g/mol. The third-order valence-electron chi connectivity index (χ3n) is 5.47. The fourth-order valence-corrected chi connectivity index (χ4v) is 5.15. The van der Waals surface area contributed by atoms with E-state index in [-0.39, 0.29) is 5.91 Å². The summed E-state index contributed by atoms with van der Waals surface area (Å²) in [5, 5.41) is 15.3. The molecule has 1 saturated heterocycles. The molecular weight excluding hydrogens is 442 g/mol. The van der Waals surface area contributed by atoms with Gasteiger partial charge in [0.15, 0.2) is 0 Å². The first-order valence-electron chi connectivity index (χ1n) is 10.6. The molecule has 0 bridgehead atoms. The van der Waals surface area contributed by atoms with Gasteiger partial charge in [0.1, 0.15) is 5.01 Å². The van der Waals surface area contributed by atoms with Crippen LogP contribution >= 0.6 is 22.7 Å². The first-order chi connectivity index (χ1) is 15.7. The lowest BCUT2D eigenvalue weighted by Gasteiger charge is -2.34. The smallest absolute Gasteiger partial charge is 0.248 e. The van der Waals surface area contributed by atoms with E-state index in [1.807, 2.05) is 39.9 Å². The maximum absolute atomic E-state index is 12.6. The normalized spacial score (nSPS) is 14.7. The van der Waals surface area contributed by atoms with Crippen molar-refractivity contribution < 1.29 is 9.21 Å². The molecule has 4 heterocycles. The highest BCUT2D eigenvalue weighted by Crippen LogP contribution is 2.24. The van der Waals surface area contributed by atoms with E-state index >= 15 is 0 Å². The van der Waals surface area contributed by atoms with Gasteiger partial charge in [-0.1, -0.05) is 30.3 Å². The van der Waals surface area contributed by atoms with Gasteiger partial charge in [0.2, 0.25) is 17.7 Å². The van der Waals surface area contributed by atoms with Crippen molar-refractivity contribution in [3.05, 3.63) is 64.1 Å². The highest BCUT2D eigenvalue weighted by atomic mass is 32.1. The Morgan fingerprint density at radius 2 is 1.84 bits per heavy atom. The van der Waals surface area contributed by atoms with Crippen LogP contribution < -0.4 is 0 Å². The van der Waals surface area contributed by atoms with Crippen molar-refractivity contribution >= 4 is 28.6 Å². The number of hydrogen-bond donors (Lipinski definition) is 0. The molecule has 1 fully saturated rings. The molecule has 7 nitrogen and oxygen atoms in total. The molecule has 0 aliphatic carbocycles. The van der Waals surface area contributed by atoms with Crippen LogP contribution in [-0.2, 0) is 17.8 Å². The first kappa shape index (κ1) is 21.0. The SMILES string of the molecule is O=C(CCc1nnc(-c2ccsc2)o1)N1CCN(Cc2csc(-c3ccccc3)n2)CC1. The molecule has 0 spiro atoms. The van der Waals surface area contributed by atoms with Gasteiger partial charge in [-0.15, -0.1) is 21.5 Å². The van der Waals surface area contributed by atoms with Crippen molar-refractivity contribution in [2.75, 3.05) is 26.2 Å². The van der Waals surface area contributed by atoms with Crippen molar-refractivity contribution in [1.29, 1.82) is 0 Å². The van der Waals surface area contributed by atoms with Crippen LogP contribution in [0.1, 0.15) is 18.0 Å². The molecule has 1 aromatic carbocycles. The van der Waals surface area contributed by atoms with E-state index in [1.165, 1.54) is 0 Å². The summed E-state index contributed by atoms with van der Waals surface area (Å²) < 4.78 is 5.68. The lowest BCUT2D eigenvalue weighted by molar-refractivity contribution is -0.133. The van der Waals surface area contributed by atoms with Gasteiger partial charge in [-0.2, -0.15) is 11.3 Å². The Kier molecular flexibility index (Phi) is 6.38. The van der Waals surface area contributed by atoms with Gasteiger partial charge in [-0.3, -0.25) is 9.69 Å². The second kappa shape index (κ2) is 9.72. The number of thiazole rings is 1. The fourth-order valence-electron chi connectivity index (χ4n) is 3.71. The topological polar surface area (TPSA) is 75.4 Å². The van der Waals surface area contributed by atoms with E-state index in [4.69, 9.17) is 9.40 Å². The van der Waals surface area contributed by atoms with Crippen LogP contribution in [0, 0.1) is 0 Å². The summed E-state index contributed by atoms with van der Waals surface area (Å²) in [6.45, 7) is 4.00. The molecule has 0 unspecified atom stereocenters. The van der Waals surface area contributed by atoms with Gasteiger partial charge in [-0.25, -0.2) is 4.98 Å². The summed E-state index contributed by atoms with van der Waals surface area (Å²) >= 11 is 3.27. The molecule has 1 aliphatic rings. The van der Waals surface area contributed by atoms with E-state index in [1.54, 1.807) is 22.7 Å². The molecule has 3 aromatic heterocycles. The zero-order chi connectivity index (χ0) is 21.8.